The molecule has 0 heterocycles. The van der Waals surface area contributed by atoms with Gasteiger partial charge < -0.3 is 10.1 Å². The number of carbonyl (C=O) groups excluding carboxylic acids is 2. The number of hydrazone groups is 1. The molecule has 2 N–H and O–H groups in total. The van der Waals surface area contributed by atoms with Crippen molar-refractivity contribution in [1.29, 1.82) is 0 Å². The van der Waals surface area contributed by atoms with Crippen LogP contribution in [0, 0.1) is 0 Å². The predicted octanol–water partition coefficient (Wildman–Crippen LogP) is 0.838. The lowest BCUT2D eigenvalue weighted by Crippen LogP contribution is -2.37. The van der Waals surface area contributed by atoms with Gasteiger partial charge in [0.1, 0.15) is 5.75 Å². The van der Waals surface area contributed by atoms with E-state index in [0.717, 1.165) is 11.3 Å². The van der Waals surface area contributed by atoms with Crippen molar-refractivity contribution in [3.63, 3.8) is 0 Å². The van der Waals surface area contributed by atoms with Gasteiger partial charge in [0.15, 0.2) is 0 Å². The Bertz CT molecular complexity index is 495. The Kier molecular flexibility index (Phi) is 6.53. The molecule has 0 unspecified atom stereocenters. The van der Waals surface area contributed by atoms with Crippen molar-refractivity contribution in [1.82, 2.24) is 10.7 Å². The van der Waals surface area contributed by atoms with Gasteiger partial charge in [-0.15, -0.1) is 6.58 Å². The molecule has 0 aliphatic rings. The van der Waals surface area contributed by atoms with Crippen molar-refractivity contribution in [2.75, 3.05) is 13.2 Å². The number of amides is 2. The first kappa shape index (κ1) is 15.4. The maximum Gasteiger partial charge on any atom is 0.329 e. The van der Waals surface area contributed by atoms with Crippen molar-refractivity contribution >= 4 is 18.0 Å². The summed E-state index contributed by atoms with van der Waals surface area (Å²) in [6, 6.07) is 7.17. The minimum absolute atomic E-state index is 0.231. The van der Waals surface area contributed by atoms with Crippen molar-refractivity contribution in [3.8, 4) is 5.75 Å². The third-order valence-corrected chi connectivity index (χ3v) is 2.18. The standard InChI is InChI=1S/C14H17N3O3/c1-3-9-15-13(18)14(19)17-16-10-11-5-7-12(8-6-11)20-4-2/h3,5-8,10H,1,4,9H2,2H3,(H,15,18)(H,17,19)/b16-10-. The first-order valence-electron chi connectivity index (χ1n) is 6.12. The lowest BCUT2D eigenvalue weighted by Gasteiger charge is -2.02. The van der Waals surface area contributed by atoms with Gasteiger partial charge in [-0.2, -0.15) is 5.10 Å². The van der Waals surface area contributed by atoms with Crippen LogP contribution in [0.25, 0.3) is 0 Å². The fourth-order valence-electron chi connectivity index (χ4n) is 1.28. The molecule has 0 aromatic heterocycles. The van der Waals surface area contributed by atoms with Crippen LogP contribution in [-0.2, 0) is 9.59 Å². The summed E-state index contributed by atoms with van der Waals surface area (Å²) in [6.07, 6.45) is 2.92. The quantitative estimate of drug-likeness (QED) is 0.349. The van der Waals surface area contributed by atoms with Gasteiger partial charge >= 0.3 is 11.8 Å². The minimum Gasteiger partial charge on any atom is -0.494 e. The smallest absolute Gasteiger partial charge is 0.329 e. The second-order valence-electron chi connectivity index (χ2n) is 3.70. The van der Waals surface area contributed by atoms with Crippen molar-refractivity contribution < 1.29 is 14.3 Å². The van der Waals surface area contributed by atoms with E-state index in [-0.39, 0.29) is 6.54 Å². The highest BCUT2D eigenvalue weighted by atomic mass is 16.5. The molecule has 6 nitrogen and oxygen atoms in total. The molecule has 0 saturated carbocycles. The summed E-state index contributed by atoms with van der Waals surface area (Å²) in [5, 5.41) is 6.04. The number of nitrogens with one attached hydrogen (secondary N) is 2. The number of hydrogen-bond donors (Lipinski definition) is 2. The maximum absolute atomic E-state index is 11.3. The third kappa shape index (κ3) is 5.34. The molecule has 0 spiro atoms. The zero-order valence-corrected chi connectivity index (χ0v) is 11.3. The summed E-state index contributed by atoms with van der Waals surface area (Å²) >= 11 is 0. The van der Waals surface area contributed by atoms with Crippen LogP contribution in [-0.4, -0.2) is 31.2 Å². The molecular weight excluding hydrogens is 258 g/mol. The van der Waals surface area contributed by atoms with Crippen LogP contribution in [0.1, 0.15) is 12.5 Å². The fourth-order valence-corrected chi connectivity index (χ4v) is 1.28. The number of benzene rings is 1. The summed E-state index contributed by atoms with van der Waals surface area (Å²) < 4.78 is 5.30. The Morgan fingerprint density at radius 1 is 1.30 bits per heavy atom. The summed E-state index contributed by atoms with van der Waals surface area (Å²) in [5.41, 5.74) is 2.91. The minimum atomic E-state index is -0.825. The summed E-state index contributed by atoms with van der Waals surface area (Å²) in [4.78, 5) is 22.5. The number of carbonyl (C=O) groups is 2. The third-order valence-electron chi connectivity index (χ3n) is 2.18. The van der Waals surface area contributed by atoms with Gasteiger partial charge in [-0.25, -0.2) is 5.43 Å². The second kappa shape index (κ2) is 8.47. The molecule has 1 rings (SSSR count). The molecule has 1 aromatic carbocycles. The molecule has 6 heteroatoms. The molecule has 0 radical (unpaired) electrons. The van der Waals surface area contributed by atoms with Gasteiger partial charge in [0.25, 0.3) is 0 Å². The average Bonchev–Trinajstić information content (AvgIpc) is 2.46. The Morgan fingerprint density at radius 3 is 2.60 bits per heavy atom. The van der Waals surface area contributed by atoms with Crippen LogP contribution < -0.4 is 15.5 Å². The van der Waals surface area contributed by atoms with Gasteiger partial charge in [0, 0.05) is 6.54 Å². The molecule has 0 aliphatic heterocycles. The highest BCUT2D eigenvalue weighted by Gasteiger charge is 2.10. The predicted molar refractivity (Wildman–Crippen MR) is 76.6 cm³/mol. The molecule has 1 aromatic rings. The van der Waals surface area contributed by atoms with E-state index in [1.165, 1.54) is 12.3 Å². The van der Waals surface area contributed by atoms with E-state index in [2.05, 4.69) is 22.4 Å². The number of hydrogen-bond acceptors (Lipinski definition) is 4. The van der Waals surface area contributed by atoms with Crippen molar-refractivity contribution in [3.05, 3.63) is 42.5 Å². The Hall–Kier alpha value is -2.63. The molecule has 0 saturated heterocycles. The number of nitrogens with zero attached hydrogens (tertiary/aromatic N) is 1. The number of ether oxygens (including phenoxy) is 1. The van der Waals surface area contributed by atoms with Crippen molar-refractivity contribution in [2.24, 2.45) is 5.10 Å². The van der Waals surface area contributed by atoms with E-state index < -0.39 is 11.8 Å². The van der Waals surface area contributed by atoms with Crippen molar-refractivity contribution in [2.45, 2.75) is 6.92 Å². The summed E-state index contributed by atoms with van der Waals surface area (Å²) in [6.45, 7) is 6.16. The normalized spacial score (nSPS) is 10.1. The Morgan fingerprint density at radius 2 is 2.00 bits per heavy atom. The molecule has 106 valence electrons. The monoisotopic (exact) mass is 275 g/mol. The topological polar surface area (TPSA) is 79.8 Å². The Labute approximate surface area is 117 Å². The van der Waals surface area contributed by atoms with E-state index in [0.29, 0.717) is 6.61 Å². The Balaban J connectivity index is 2.45. The van der Waals surface area contributed by atoms with Crippen LogP contribution in [0.15, 0.2) is 42.0 Å². The second-order valence-corrected chi connectivity index (χ2v) is 3.70. The molecule has 0 atom stereocenters. The zero-order valence-electron chi connectivity index (χ0n) is 11.3. The molecule has 0 aliphatic carbocycles. The van der Waals surface area contributed by atoms with Crippen LogP contribution in [0.2, 0.25) is 0 Å². The van der Waals surface area contributed by atoms with Gasteiger partial charge in [0.2, 0.25) is 0 Å². The van der Waals surface area contributed by atoms with Gasteiger partial charge in [0.05, 0.1) is 12.8 Å². The summed E-state index contributed by atoms with van der Waals surface area (Å²) in [5.74, 6) is -0.819. The number of rotatable bonds is 6. The van der Waals surface area contributed by atoms with E-state index >= 15 is 0 Å². The van der Waals surface area contributed by atoms with E-state index in [1.54, 1.807) is 24.3 Å². The highest BCUT2D eigenvalue weighted by molar-refractivity contribution is 6.35. The van der Waals surface area contributed by atoms with E-state index in [1.807, 2.05) is 6.92 Å². The van der Waals surface area contributed by atoms with Crippen LogP contribution >= 0.6 is 0 Å². The lowest BCUT2D eigenvalue weighted by molar-refractivity contribution is -0.139. The summed E-state index contributed by atoms with van der Waals surface area (Å²) in [7, 11) is 0. The van der Waals surface area contributed by atoms with Gasteiger partial charge in [-0.05, 0) is 36.8 Å². The highest BCUT2D eigenvalue weighted by Crippen LogP contribution is 2.10. The largest absolute Gasteiger partial charge is 0.494 e. The molecule has 20 heavy (non-hydrogen) atoms. The first-order valence-corrected chi connectivity index (χ1v) is 6.12. The zero-order chi connectivity index (χ0) is 14.8. The molecule has 0 fully saturated rings. The van der Waals surface area contributed by atoms with E-state index in [9.17, 15) is 9.59 Å². The van der Waals surface area contributed by atoms with Gasteiger partial charge in [-0.1, -0.05) is 6.08 Å². The SMILES string of the molecule is C=CCNC(=O)C(=O)N/N=C\c1ccc(OCC)cc1. The van der Waals surface area contributed by atoms with E-state index in [4.69, 9.17) is 4.74 Å². The van der Waals surface area contributed by atoms with Crippen LogP contribution in [0.4, 0.5) is 0 Å². The molecular formula is C14H17N3O3. The van der Waals surface area contributed by atoms with Gasteiger partial charge in [-0.3, -0.25) is 9.59 Å². The first-order chi connectivity index (χ1) is 9.67. The average molecular weight is 275 g/mol. The van der Waals surface area contributed by atoms with Crippen LogP contribution in [0.5, 0.6) is 5.75 Å². The molecule has 2 amide bonds. The maximum atomic E-state index is 11.3. The van der Waals surface area contributed by atoms with Crippen LogP contribution in [0.3, 0.4) is 0 Å². The fraction of sp³-hybridized carbons (Fsp3) is 0.214. The lowest BCUT2D eigenvalue weighted by atomic mass is 10.2. The molecule has 0 bridgehead atoms.